The monoisotopic (exact) mass is 455 g/mol. The molecule has 0 saturated carbocycles. The van der Waals surface area contributed by atoms with E-state index in [1.54, 1.807) is 0 Å². The van der Waals surface area contributed by atoms with E-state index in [-0.39, 0.29) is 12.1 Å². The summed E-state index contributed by atoms with van der Waals surface area (Å²) in [5.74, 6) is 0.986. The number of fused-ring (bicyclic) bond motifs is 2. The highest BCUT2D eigenvalue weighted by atomic mass is 16.2. The highest BCUT2D eigenvalue weighted by Gasteiger charge is 2.21. The minimum atomic E-state index is -0.138. The first kappa shape index (κ1) is 22.4. The molecule has 6 heteroatoms. The van der Waals surface area contributed by atoms with Gasteiger partial charge in [-0.25, -0.2) is 9.78 Å². The Bertz CT molecular complexity index is 1130. The summed E-state index contributed by atoms with van der Waals surface area (Å²) in [6.45, 7) is 7.11. The number of benzene rings is 2. The van der Waals surface area contributed by atoms with Crippen molar-refractivity contribution in [3.63, 3.8) is 0 Å². The van der Waals surface area contributed by atoms with Crippen LogP contribution in [-0.2, 0) is 32.5 Å². The molecule has 6 nitrogen and oxygen atoms in total. The van der Waals surface area contributed by atoms with E-state index in [0.717, 1.165) is 50.4 Å². The lowest BCUT2D eigenvalue weighted by Gasteiger charge is -2.33. The van der Waals surface area contributed by atoms with Gasteiger partial charge in [0.15, 0.2) is 0 Å². The van der Waals surface area contributed by atoms with E-state index in [0.29, 0.717) is 13.1 Å². The summed E-state index contributed by atoms with van der Waals surface area (Å²) >= 11 is 0. The summed E-state index contributed by atoms with van der Waals surface area (Å²) in [5.41, 5.74) is 6.65. The average Bonchev–Trinajstić information content (AvgIpc) is 2.90. The van der Waals surface area contributed by atoms with Crippen LogP contribution >= 0.6 is 0 Å². The molecule has 34 heavy (non-hydrogen) atoms. The number of aromatic nitrogens is 1. The molecule has 1 aromatic heterocycles. The third-order valence-corrected chi connectivity index (χ3v) is 7.06. The summed E-state index contributed by atoms with van der Waals surface area (Å²) in [6, 6.07) is 21.5. The molecule has 0 bridgehead atoms. The van der Waals surface area contributed by atoms with Crippen LogP contribution in [-0.4, -0.2) is 41.6 Å². The van der Waals surface area contributed by atoms with E-state index in [4.69, 9.17) is 0 Å². The predicted molar refractivity (Wildman–Crippen MR) is 136 cm³/mol. The van der Waals surface area contributed by atoms with Gasteiger partial charge in [0.1, 0.15) is 5.82 Å². The molecule has 2 amide bonds. The molecule has 3 aromatic rings. The molecule has 0 spiro atoms. The van der Waals surface area contributed by atoms with Gasteiger partial charge in [-0.15, -0.1) is 0 Å². The van der Waals surface area contributed by atoms with Crippen molar-refractivity contribution in [1.29, 1.82) is 0 Å². The van der Waals surface area contributed by atoms with Crippen LogP contribution in [0.2, 0.25) is 0 Å². The van der Waals surface area contributed by atoms with Gasteiger partial charge in [0.05, 0.1) is 0 Å². The molecule has 176 valence electrons. The Balaban J connectivity index is 1.06. The topological polar surface area (TPSA) is 60.5 Å². The molecule has 2 N–H and O–H groups in total. The van der Waals surface area contributed by atoms with Crippen LogP contribution in [0.4, 0.5) is 10.6 Å². The summed E-state index contributed by atoms with van der Waals surface area (Å²) in [4.78, 5) is 21.8. The number of carbonyl (C=O) groups excluding carboxylic acids is 1. The largest absolute Gasteiger partial charge is 0.352 e. The van der Waals surface area contributed by atoms with Crippen LogP contribution in [0, 0.1) is 0 Å². The van der Waals surface area contributed by atoms with E-state index in [1.165, 1.54) is 22.3 Å². The maximum atomic E-state index is 12.4. The zero-order chi connectivity index (χ0) is 23.3. The molecular weight excluding hydrogens is 422 g/mol. The number of carbonyl (C=O) groups is 1. The fourth-order valence-corrected chi connectivity index (χ4v) is 4.91. The fourth-order valence-electron chi connectivity index (χ4n) is 4.91. The Hall–Kier alpha value is -3.38. The fraction of sp³-hybridized carbons (Fsp3) is 0.357. The van der Waals surface area contributed by atoms with Gasteiger partial charge in [0.2, 0.25) is 0 Å². The Morgan fingerprint density at radius 2 is 1.56 bits per heavy atom. The second kappa shape index (κ2) is 10.3. The Morgan fingerprint density at radius 3 is 2.26 bits per heavy atom. The third-order valence-electron chi connectivity index (χ3n) is 7.06. The normalized spacial score (nSPS) is 16.3. The molecule has 2 aromatic carbocycles. The number of rotatable bonds is 6. The molecule has 2 aliphatic rings. The Labute approximate surface area is 202 Å². The van der Waals surface area contributed by atoms with Crippen molar-refractivity contribution >= 4 is 11.8 Å². The van der Waals surface area contributed by atoms with Gasteiger partial charge in [0, 0.05) is 51.5 Å². The summed E-state index contributed by atoms with van der Waals surface area (Å²) in [5, 5.41) is 5.99. The molecule has 1 unspecified atom stereocenters. The van der Waals surface area contributed by atoms with Crippen molar-refractivity contribution in [3.05, 3.63) is 94.7 Å². The lowest BCUT2D eigenvalue weighted by atomic mass is 9.99. The molecule has 0 aliphatic carbocycles. The molecule has 0 saturated heterocycles. The van der Waals surface area contributed by atoms with E-state index in [1.807, 2.05) is 6.20 Å². The smallest absolute Gasteiger partial charge is 0.315 e. The van der Waals surface area contributed by atoms with Crippen LogP contribution in [0.15, 0.2) is 66.9 Å². The number of anilines is 1. The van der Waals surface area contributed by atoms with E-state index < -0.39 is 0 Å². The number of hydrogen-bond donors (Lipinski definition) is 2. The highest BCUT2D eigenvalue weighted by Crippen LogP contribution is 2.23. The maximum absolute atomic E-state index is 12.4. The zero-order valence-corrected chi connectivity index (χ0v) is 19.8. The SMILES string of the molecule is CC(CNC(=O)NCc1ccc(N2CCc3ccccc3C2)nc1)N1CCc2ccccc2C1. The van der Waals surface area contributed by atoms with E-state index in [9.17, 15) is 4.79 Å². The minimum Gasteiger partial charge on any atom is -0.352 e. The van der Waals surface area contributed by atoms with Gasteiger partial charge < -0.3 is 15.5 Å². The van der Waals surface area contributed by atoms with Gasteiger partial charge in [-0.3, -0.25) is 4.90 Å². The number of urea groups is 1. The Kier molecular flexibility index (Phi) is 6.77. The maximum Gasteiger partial charge on any atom is 0.315 e. The number of amides is 2. The first-order chi connectivity index (χ1) is 16.7. The van der Waals surface area contributed by atoms with Crippen molar-refractivity contribution in [3.8, 4) is 0 Å². The van der Waals surface area contributed by atoms with Crippen LogP contribution in [0.3, 0.4) is 0 Å². The van der Waals surface area contributed by atoms with Crippen molar-refractivity contribution in [2.24, 2.45) is 0 Å². The minimum absolute atomic E-state index is 0.138. The Morgan fingerprint density at radius 1 is 0.882 bits per heavy atom. The second-order valence-corrected chi connectivity index (χ2v) is 9.37. The van der Waals surface area contributed by atoms with Crippen molar-refractivity contribution in [2.45, 2.75) is 45.4 Å². The lowest BCUT2D eigenvalue weighted by molar-refractivity contribution is 0.185. The van der Waals surface area contributed by atoms with Crippen molar-refractivity contribution in [2.75, 3.05) is 24.5 Å². The van der Waals surface area contributed by atoms with Crippen molar-refractivity contribution < 1.29 is 4.79 Å². The molecule has 1 atom stereocenters. The summed E-state index contributed by atoms with van der Waals surface area (Å²) < 4.78 is 0. The molecular formula is C28H33N5O. The van der Waals surface area contributed by atoms with Crippen LogP contribution in [0.25, 0.3) is 0 Å². The number of hydrogen-bond acceptors (Lipinski definition) is 4. The molecule has 0 radical (unpaired) electrons. The number of pyridine rings is 1. The average molecular weight is 456 g/mol. The molecule has 0 fully saturated rings. The van der Waals surface area contributed by atoms with Gasteiger partial charge in [-0.05, 0) is 53.6 Å². The quantitative estimate of drug-likeness (QED) is 0.592. The molecule has 5 rings (SSSR count). The number of nitrogens with one attached hydrogen (secondary N) is 2. The van der Waals surface area contributed by atoms with Crippen LogP contribution < -0.4 is 15.5 Å². The summed E-state index contributed by atoms with van der Waals surface area (Å²) in [7, 11) is 0. The van der Waals surface area contributed by atoms with Crippen LogP contribution in [0.5, 0.6) is 0 Å². The lowest BCUT2D eigenvalue weighted by Crippen LogP contribution is -2.46. The zero-order valence-electron chi connectivity index (χ0n) is 19.8. The van der Waals surface area contributed by atoms with Gasteiger partial charge in [-0.1, -0.05) is 54.6 Å². The van der Waals surface area contributed by atoms with Crippen molar-refractivity contribution in [1.82, 2.24) is 20.5 Å². The van der Waals surface area contributed by atoms with Gasteiger partial charge >= 0.3 is 6.03 Å². The second-order valence-electron chi connectivity index (χ2n) is 9.37. The first-order valence-corrected chi connectivity index (χ1v) is 12.2. The number of nitrogens with zero attached hydrogens (tertiary/aromatic N) is 3. The highest BCUT2D eigenvalue weighted by molar-refractivity contribution is 5.73. The summed E-state index contributed by atoms with van der Waals surface area (Å²) in [6.07, 6.45) is 3.98. The molecule has 3 heterocycles. The van der Waals surface area contributed by atoms with E-state index >= 15 is 0 Å². The third kappa shape index (κ3) is 5.23. The van der Waals surface area contributed by atoms with E-state index in [2.05, 4.69) is 93.0 Å². The van der Waals surface area contributed by atoms with Crippen LogP contribution in [0.1, 0.15) is 34.7 Å². The van der Waals surface area contributed by atoms with Gasteiger partial charge in [0.25, 0.3) is 0 Å². The standard InChI is InChI=1S/C28H33N5O/c1-21(32-14-12-23-6-2-4-8-25(23)19-32)16-30-28(34)31-18-22-10-11-27(29-17-22)33-15-13-24-7-3-5-9-26(24)20-33/h2-11,17,21H,12-16,18-20H2,1H3,(H2,30,31,34). The predicted octanol–water partition coefficient (Wildman–Crippen LogP) is 3.89. The first-order valence-electron chi connectivity index (χ1n) is 12.2. The van der Waals surface area contributed by atoms with Gasteiger partial charge in [-0.2, -0.15) is 0 Å². The molecule has 2 aliphatic heterocycles.